The second-order valence-electron chi connectivity index (χ2n) is 4.93. The second kappa shape index (κ2) is 6.72. The summed E-state index contributed by atoms with van der Waals surface area (Å²) in [6, 6.07) is 11.9. The second-order valence-corrected chi connectivity index (χ2v) is 5.37. The summed E-state index contributed by atoms with van der Waals surface area (Å²) in [5.74, 6) is -0.797. The maximum atomic E-state index is 13.9. The Labute approximate surface area is 129 Å². The molecule has 0 atom stereocenters. The molecule has 0 heterocycles. The van der Waals surface area contributed by atoms with Gasteiger partial charge in [-0.25, -0.2) is 4.39 Å². The minimum absolute atomic E-state index is 0.110. The van der Waals surface area contributed by atoms with E-state index in [9.17, 15) is 9.18 Å². The van der Waals surface area contributed by atoms with Gasteiger partial charge in [-0.15, -0.1) is 0 Å². The molecule has 2 aromatic rings. The van der Waals surface area contributed by atoms with Crippen molar-refractivity contribution in [3.63, 3.8) is 0 Å². The van der Waals surface area contributed by atoms with Crippen molar-refractivity contribution in [2.75, 3.05) is 6.54 Å². The molecular formula is C17H17ClFNO. The lowest BCUT2D eigenvalue weighted by Crippen LogP contribution is -2.31. The molecule has 2 aromatic carbocycles. The molecule has 0 aliphatic carbocycles. The van der Waals surface area contributed by atoms with E-state index in [1.165, 1.54) is 6.07 Å². The fraction of sp³-hybridized carbons (Fsp3) is 0.235. The van der Waals surface area contributed by atoms with Gasteiger partial charge in [0, 0.05) is 18.1 Å². The highest BCUT2D eigenvalue weighted by atomic mass is 35.5. The molecule has 0 saturated carbocycles. The van der Waals surface area contributed by atoms with Crippen molar-refractivity contribution in [1.82, 2.24) is 4.90 Å². The standard InChI is InChI=1S/C17H17ClFNO/c1-3-20(11-13-5-4-6-14(18)10-13)17(21)15-9-12(2)7-8-16(15)19/h4-10H,3,11H2,1-2H3. The monoisotopic (exact) mass is 305 g/mol. The molecule has 0 N–H and O–H groups in total. The number of halogens is 2. The summed E-state index contributed by atoms with van der Waals surface area (Å²) in [6.45, 7) is 4.61. The molecule has 4 heteroatoms. The molecule has 2 nitrogen and oxygen atoms in total. The summed E-state index contributed by atoms with van der Waals surface area (Å²) < 4.78 is 13.9. The number of hydrogen-bond donors (Lipinski definition) is 0. The number of hydrogen-bond acceptors (Lipinski definition) is 1. The van der Waals surface area contributed by atoms with Crippen LogP contribution in [0.5, 0.6) is 0 Å². The molecular weight excluding hydrogens is 289 g/mol. The van der Waals surface area contributed by atoms with Gasteiger partial charge in [0.1, 0.15) is 5.82 Å². The maximum Gasteiger partial charge on any atom is 0.257 e. The molecule has 110 valence electrons. The third kappa shape index (κ3) is 3.82. The van der Waals surface area contributed by atoms with E-state index in [-0.39, 0.29) is 11.5 Å². The van der Waals surface area contributed by atoms with Crippen LogP contribution < -0.4 is 0 Å². The van der Waals surface area contributed by atoms with Crippen molar-refractivity contribution in [3.05, 3.63) is 70.0 Å². The molecule has 1 amide bonds. The van der Waals surface area contributed by atoms with Crippen molar-refractivity contribution >= 4 is 17.5 Å². The molecule has 2 rings (SSSR count). The predicted molar refractivity (Wildman–Crippen MR) is 83.0 cm³/mol. The Morgan fingerprint density at radius 2 is 2.00 bits per heavy atom. The van der Waals surface area contributed by atoms with Crippen LogP contribution in [0.1, 0.15) is 28.4 Å². The third-order valence-electron chi connectivity index (χ3n) is 3.28. The SMILES string of the molecule is CCN(Cc1cccc(Cl)c1)C(=O)c1cc(C)ccc1F. The van der Waals surface area contributed by atoms with Crippen LogP contribution in [0.15, 0.2) is 42.5 Å². The fourth-order valence-corrected chi connectivity index (χ4v) is 2.37. The summed E-state index contributed by atoms with van der Waals surface area (Å²) in [7, 11) is 0. The zero-order chi connectivity index (χ0) is 15.4. The van der Waals surface area contributed by atoms with E-state index in [1.807, 2.05) is 32.0 Å². The van der Waals surface area contributed by atoms with Gasteiger partial charge in [-0.05, 0) is 43.7 Å². The first-order valence-electron chi connectivity index (χ1n) is 6.81. The molecule has 0 radical (unpaired) electrons. The molecule has 21 heavy (non-hydrogen) atoms. The average molecular weight is 306 g/mol. The normalized spacial score (nSPS) is 10.5. The summed E-state index contributed by atoms with van der Waals surface area (Å²) in [5, 5.41) is 0.623. The van der Waals surface area contributed by atoms with Crippen LogP contribution in [-0.2, 0) is 6.54 Å². The molecule has 0 unspecified atom stereocenters. The van der Waals surface area contributed by atoms with Gasteiger partial charge >= 0.3 is 0 Å². The number of carbonyl (C=O) groups excluding carboxylic acids is 1. The number of aryl methyl sites for hydroxylation is 1. The topological polar surface area (TPSA) is 20.3 Å². The minimum Gasteiger partial charge on any atom is -0.335 e. The van der Waals surface area contributed by atoms with Crippen molar-refractivity contribution < 1.29 is 9.18 Å². The highest BCUT2D eigenvalue weighted by Crippen LogP contribution is 2.17. The van der Waals surface area contributed by atoms with Crippen molar-refractivity contribution in [2.24, 2.45) is 0 Å². The smallest absolute Gasteiger partial charge is 0.257 e. The largest absolute Gasteiger partial charge is 0.335 e. The third-order valence-corrected chi connectivity index (χ3v) is 3.52. The van der Waals surface area contributed by atoms with E-state index in [0.29, 0.717) is 18.1 Å². The Hall–Kier alpha value is -1.87. The summed E-state index contributed by atoms with van der Waals surface area (Å²) in [6.07, 6.45) is 0. The first-order valence-corrected chi connectivity index (χ1v) is 7.19. The highest BCUT2D eigenvalue weighted by Gasteiger charge is 2.18. The zero-order valence-corrected chi connectivity index (χ0v) is 12.8. The van der Waals surface area contributed by atoms with Crippen LogP contribution in [0.4, 0.5) is 4.39 Å². The van der Waals surface area contributed by atoms with Crippen LogP contribution in [-0.4, -0.2) is 17.4 Å². The molecule has 0 bridgehead atoms. The Morgan fingerprint density at radius 1 is 1.24 bits per heavy atom. The van der Waals surface area contributed by atoms with E-state index in [1.54, 1.807) is 23.1 Å². The number of nitrogens with zero attached hydrogens (tertiary/aromatic N) is 1. The fourth-order valence-electron chi connectivity index (χ4n) is 2.16. The van der Waals surface area contributed by atoms with Gasteiger partial charge in [-0.2, -0.15) is 0 Å². The van der Waals surface area contributed by atoms with E-state index in [0.717, 1.165) is 11.1 Å². The lowest BCUT2D eigenvalue weighted by molar-refractivity contribution is 0.0747. The molecule has 0 fully saturated rings. The summed E-state index contributed by atoms with van der Waals surface area (Å²) in [4.78, 5) is 14.1. The van der Waals surface area contributed by atoms with Gasteiger partial charge in [0.05, 0.1) is 5.56 Å². The van der Waals surface area contributed by atoms with Crippen molar-refractivity contribution in [2.45, 2.75) is 20.4 Å². The molecule has 0 aliphatic heterocycles. The van der Waals surface area contributed by atoms with E-state index >= 15 is 0 Å². The summed E-state index contributed by atoms with van der Waals surface area (Å²) in [5.41, 5.74) is 1.89. The average Bonchev–Trinajstić information content (AvgIpc) is 2.46. The lowest BCUT2D eigenvalue weighted by atomic mass is 10.1. The number of carbonyl (C=O) groups is 1. The summed E-state index contributed by atoms with van der Waals surface area (Å²) >= 11 is 5.95. The Bertz CT molecular complexity index is 657. The minimum atomic E-state index is -0.491. The van der Waals surface area contributed by atoms with Crippen LogP contribution in [0.3, 0.4) is 0 Å². The Balaban J connectivity index is 2.24. The number of benzene rings is 2. The van der Waals surface area contributed by atoms with Crippen LogP contribution >= 0.6 is 11.6 Å². The molecule has 0 aromatic heterocycles. The van der Waals surface area contributed by atoms with Crippen LogP contribution in [0.2, 0.25) is 5.02 Å². The first kappa shape index (κ1) is 15.5. The highest BCUT2D eigenvalue weighted by molar-refractivity contribution is 6.30. The van der Waals surface area contributed by atoms with Gasteiger partial charge in [0.2, 0.25) is 0 Å². The van der Waals surface area contributed by atoms with E-state index in [4.69, 9.17) is 11.6 Å². The van der Waals surface area contributed by atoms with Gasteiger partial charge < -0.3 is 4.90 Å². The van der Waals surface area contributed by atoms with Crippen LogP contribution in [0, 0.1) is 12.7 Å². The quantitative estimate of drug-likeness (QED) is 0.817. The number of rotatable bonds is 4. The molecule has 0 spiro atoms. The maximum absolute atomic E-state index is 13.9. The van der Waals surface area contributed by atoms with Gasteiger partial charge in [-0.3, -0.25) is 4.79 Å². The number of amides is 1. The first-order chi connectivity index (χ1) is 10.0. The zero-order valence-electron chi connectivity index (χ0n) is 12.1. The van der Waals surface area contributed by atoms with Gasteiger partial charge in [-0.1, -0.05) is 35.4 Å². The Morgan fingerprint density at radius 3 is 2.67 bits per heavy atom. The Kier molecular flexibility index (Phi) is 4.97. The van der Waals surface area contributed by atoms with Crippen molar-refractivity contribution in [1.29, 1.82) is 0 Å². The van der Waals surface area contributed by atoms with E-state index < -0.39 is 5.82 Å². The lowest BCUT2D eigenvalue weighted by Gasteiger charge is -2.21. The van der Waals surface area contributed by atoms with Gasteiger partial charge in [0.25, 0.3) is 5.91 Å². The predicted octanol–water partition coefficient (Wildman–Crippen LogP) is 4.45. The van der Waals surface area contributed by atoms with Gasteiger partial charge in [0.15, 0.2) is 0 Å². The van der Waals surface area contributed by atoms with Crippen LogP contribution in [0.25, 0.3) is 0 Å². The molecule has 0 aliphatic rings. The van der Waals surface area contributed by atoms with E-state index in [2.05, 4.69) is 0 Å². The van der Waals surface area contributed by atoms with Crippen molar-refractivity contribution in [3.8, 4) is 0 Å². The molecule has 0 saturated heterocycles.